The molecule has 0 bridgehead atoms. The average Bonchev–Trinajstić information content (AvgIpc) is 2.27. The molecule has 0 aliphatic heterocycles. The molecule has 0 amide bonds. The molecule has 0 aliphatic rings. The van der Waals surface area contributed by atoms with E-state index in [2.05, 4.69) is 10.2 Å². The van der Waals surface area contributed by atoms with Crippen molar-refractivity contribution in [2.75, 3.05) is 12.0 Å². The van der Waals surface area contributed by atoms with Crippen LogP contribution < -0.4 is 16.0 Å². The van der Waals surface area contributed by atoms with Crippen molar-refractivity contribution in [2.24, 2.45) is 5.84 Å². The number of hydrogen-bond donors (Lipinski definition) is 2. The maximum absolute atomic E-state index is 12.5. The van der Waals surface area contributed by atoms with E-state index in [1.165, 1.54) is 24.3 Å². The zero-order valence-electron chi connectivity index (χ0n) is 8.50. The third-order valence-corrected chi connectivity index (χ3v) is 1.77. The molecule has 0 spiro atoms. The zero-order valence-corrected chi connectivity index (χ0v) is 9.32. The number of halogens is 5. The Kier molecular flexibility index (Phi) is 6.04. The topological polar surface area (TPSA) is 47.3 Å². The summed E-state index contributed by atoms with van der Waals surface area (Å²) in [7, 11) is 0. The van der Waals surface area contributed by atoms with E-state index in [1.807, 2.05) is 0 Å². The van der Waals surface area contributed by atoms with Crippen LogP contribution in [-0.2, 0) is 0 Å². The molecule has 3 N–H and O–H groups in total. The summed E-state index contributed by atoms with van der Waals surface area (Å²) in [6, 6.07) is 5.62. The number of anilines is 1. The Bertz CT molecular complexity index is 334. The highest BCUT2D eigenvalue weighted by atomic mass is 35.5. The Morgan fingerprint density at radius 2 is 1.76 bits per heavy atom. The van der Waals surface area contributed by atoms with Gasteiger partial charge in [0.05, 0.1) is 0 Å². The van der Waals surface area contributed by atoms with E-state index in [9.17, 15) is 17.6 Å². The van der Waals surface area contributed by atoms with Crippen LogP contribution in [0.15, 0.2) is 24.3 Å². The van der Waals surface area contributed by atoms with Crippen molar-refractivity contribution in [3.05, 3.63) is 24.3 Å². The van der Waals surface area contributed by atoms with Gasteiger partial charge < -0.3 is 10.2 Å². The summed E-state index contributed by atoms with van der Waals surface area (Å²) >= 11 is 0. The summed E-state index contributed by atoms with van der Waals surface area (Å²) in [5, 5.41) is 0. The third kappa shape index (κ3) is 4.66. The van der Waals surface area contributed by atoms with Crippen LogP contribution in [0.1, 0.15) is 0 Å². The summed E-state index contributed by atoms with van der Waals surface area (Å²) in [6.45, 7) is -1.36. The molecule has 1 aromatic carbocycles. The molecule has 98 valence electrons. The average molecular weight is 275 g/mol. The largest absolute Gasteiger partial charge is 0.487 e. The van der Waals surface area contributed by atoms with Gasteiger partial charge in [0, 0.05) is 5.69 Å². The van der Waals surface area contributed by atoms with Crippen LogP contribution in [-0.4, -0.2) is 19.0 Å². The predicted octanol–water partition coefficient (Wildman–Crippen LogP) is 2.67. The van der Waals surface area contributed by atoms with E-state index in [-0.39, 0.29) is 18.2 Å². The van der Waals surface area contributed by atoms with E-state index < -0.39 is 19.0 Å². The minimum atomic E-state index is -4.15. The lowest BCUT2D eigenvalue weighted by Gasteiger charge is -2.15. The van der Waals surface area contributed by atoms with Crippen LogP contribution in [0.2, 0.25) is 0 Å². The summed E-state index contributed by atoms with van der Waals surface area (Å²) < 4.78 is 53.0. The monoisotopic (exact) mass is 274 g/mol. The van der Waals surface area contributed by atoms with Gasteiger partial charge in [0.15, 0.2) is 6.61 Å². The first-order valence-electron chi connectivity index (χ1n) is 4.31. The fourth-order valence-electron chi connectivity index (χ4n) is 0.890. The first-order chi connectivity index (χ1) is 7.45. The minimum absolute atomic E-state index is 0. The Morgan fingerprint density at radius 3 is 2.18 bits per heavy atom. The van der Waals surface area contributed by atoms with Gasteiger partial charge >= 0.3 is 12.3 Å². The van der Waals surface area contributed by atoms with Crippen molar-refractivity contribution < 1.29 is 22.3 Å². The molecule has 0 saturated heterocycles. The van der Waals surface area contributed by atoms with Crippen molar-refractivity contribution in [1.82, 2.24) is 0 Å². The van der Waals surface area contributed by atoms with Crippen molar-refractivity contribution in [3.8, 4) is 5.75 Å². The molecule has 0 unspecified atom stereocenters. The van der Waals surface area contributed by atoms with Crippen LogP contribution in [0.3, 0.4) is 0 Å². The van der Waals surface area contributed by atoms with E-state index >= 15 is 0 Å². The van der Waals surface area contributed by atoms with Crippen LogP contribution in [0.5, 0.6) is 5.75 Å². The highest BCUT2D eigenvalue weighted by molar-refractivity contribution is 5.85. The molecule has 0 saturated carbocycles. The van der Waals surface area contributed by atoms with Gasteiger partial charge in [-0.15, -0.1) is 12.4 Å². The number of benzene rings is 1. The SMILES string of the molecule is Cl.NNc1ccc(OCC(F)(F)C(F)F)cc1. The lowest BCUT2D eigenvalue weighted by atomic mass is 10.3. The van der Waals surface area contributed by atoms with Gasteiger partial charge in [-0.05, 0) is 24.3 Å². The zero-order chi connectivity index (χ0) is 12.2. The summed E-state index contributed by atoms with van der Waals surface area (Å²) in [5.41, 5.74) is 2.87. The minimum Gasteiger partial charge on any atom is -0.487 e. The fourth-order valence-corrected chi connectivity index (χ4v) is 0.890. The maximum Gasteiger partial charge on any atom is 0.340 e. The normalized spacial score (nSPS) is 10.9. The molecule has 3 nitrogen and oxygen atoms in total. The number of nitrogen functional groups attached to an aromatic ring is 1. The molecular formula is C9H11ClF4N2O. The Morgan fingerprint density at radius 1 is 1.24 bits per heavy atom. The maximum atomic E-state index is 12.5. The molecule has 0 radical (unpaired) electrons. The predicted molar refractivity (Wildman–Crippen MR) is 57.9 cm³/mol. The Balaban J connectivity index is 0.00000256. The highest BCUT2D eigenvalue weighted by Gasteiger charge is 2.41. The van der Waals surface area contributed by atoms with Gasteiger partial charge in [0.2, 0.25) is 0 Å². The molecule has 17 heavy (non-hydrogen) atoms. The van der Waals surface area contributed by atoms with Gasteiger partial charge in [-0.2, -0.15) is 8.78 Å². The second-order valence-corrected chi connectivity index (χ2v) is 3.02. The molecule has 0 aliphatic carbocycles. The number of nitrogens with one attached hydrogen (secondary N) is 1. The first kappa shape index (κ1) is 15.8. The second kappa shape index (κ2) is 6.51. The highest BCUT2D eigenvalue weighted by Crippen LogP contribution is 2.24. The summed E-state index contributed by atoms with van der Waals surface area (Å²) in [5.74, 6) is 0.994. The van der Waals surface area contributed by atoms with Crippen LogP contribution in [0, 0.1) is 0 Å². The van der Waals surface area contributed by atoms with Gasteiger partial charge in [-0.25, -0.2) is 8.78 Å². The smallest absolute Gasteiger partial charge is 0.340 e. The van der Waals surface area contributed by atoms with E-state index in [1.54, 1.807) is 0 Å². The first-order valence-corrected chi connectivity index (χ1v) is 4.31. The fraction of sp³-hybridized carbons (Fsp3) is 0.333. The quantitative estimate of drug-likeness (QED) is 0.493. The van der Waals surface area contributed by atoms with Gasteiger partial charge in [-0.3, -0.25) is 5.84 Å². The number of alkyl halides is 4. The molecule has 0 atom stereocenters. The molecule has 0 aromatic heterocycles. The number of rotatable bonds is 5. The molecule has 8 heteroatoms. The molecule has 0 fully saturated rings. The van der Waals surface area contributed by atoms with Crippen molar-refractivity contribution in [1.29, 1.82) is 0 Å². The second-order valence-electron chi connectivity index (χ2n) is 3.02. The molecule has 1 rings (SSSR count). The van der Waals surface area contributed by atoms with Crippen molar-refractivity contribution >= 4 is 18.1 Å². The number of nitrogens with two attached hydrogens (primary N) is 1. The summed E-state index contributed by atoms with van der Waals surface area (Å²) in [4.78, 5) is 0. The lowest BCUT2D eigenvalue weighted by molar-refractivity contribution is -0.148. The Labute approximate surface area is 101 Å². The van der Waals surface area contributed by atoms with E-state index in [0.717, 1.165) is 0 Å². The molecule has 1 aromatic rings. The van der Waals surface area contributed by atoms with Gasteiger partial charge in [0.1, 0.15) is 5.75 Å². The number of ether oxygens (including phenoxy) is 1. The van der Waals surface area contributed by atoms with E-state index in [4.69, 9.17) is 5.84 Å². The lowest BCUT2D eigenvalue weighted by Crippen LogP contribution is -2.33. The summed E-state index contributed by atoms with van der Waals surface area (Å²) in [6.07, 6.45) is -3.74. The van der Waals surface area contributed by atoms with Crippen molar-refractivity contribution in [3.63, 3.8) is 0 Å². The van der Waals surface area contributed by atoms with Crippen LogP contribution in [0.25, 0.3) is 0 Å². The van der Waals surface area contributed by atoms with E-state index in [0.29, 0.717) is 5.69 Å². The molecule has 0 heterocycles. The third-order valence-electron chi connectivity index (χ3n) is 1.77. The standard InChI is InChI=1S/C9H10F4N2O.ClH/c10-8(11)9(12,13)5-16-7-3-1-6(15-14)2-4-7;/h1-4,8,15H,5,14H2;1H. The number of hydrogen-bond acceptors (Lipinski definition) is 3. The Hall–Kier alpha value is -1.21. The van der Waals surface area contributed by atoms with Crippen LogP contribution in [0.4, 0.5) is 23.2 Å². The van der Waals surface area contributed by atoms with Crippen LogP contribution >= 0.6 is 12.4 Å². The number of hydrazine groups is 1. The van der Waals surface area contributed by atoms with Gasteiger partial charge in [-0.1, -0.05) is 0 Å². The molecular weight excluding hydrogens is 264 g/mol. The van der Waals surface area contributed by atoms with Gasteiger partial charge in [0.25, 0.3) is 0 Å². The van der Waals surface area contributed by atoms with Crippen molar-refractivity contribution in [2.45, 2.75) is 12.3 Å².